The van der Waals surface area contributed by atoms with Crippen LogP contribution in [0.2, 0.25) is 0 Å². The Balaban J connectivity index is 3.60. The maximum absolute atomic E-state index is 3.29. The number of rotatable bonds is 7. The maximum Gasteiger partial charge on any atom is 0.126 e. The topological polar surface area (TPSA) is 39.3 Å². The lowest BCUT2D eigenvalue weighted by Crippen LogP contribution is -2.57. The third-order valence-electron chi connectivity index (χ3n) is 1.67. The van der Waals surface area contributed by atoms with Crippen molar-refractivity contribution in [1.82, 2.24) is 21.1 Å². The molecule has 0 saturated heterocycles. The summed E-state index contributed by atoms with van der Waals surface area (Å²) >= 11 is 0. The molecule has 0 aliphatic heterocycles. The average Bonchev–Trinajstić information content (AvgIpc) is 2.10. The van der Waals surface area contributed by atoms with E-state index in [0.29, 0.717) is 0 Å². The molecule has 0 saturated carbocycles. The van der Waals surface area contributed by atoms with Gasteiger partial charge in [0.15, 0.2) is 0 Å². The van der Waals surface area contributed by atoms with Gasteiger partial charge in [-0.05, 0) is 20.0 Å². The van der Waals surface area contributed by atoms with Crippen LogP contribution in [-0.4, -0.2) is 38.5 Å². The van der Waals surface area contributed by atoms with Crippen LogP contribution in [0.3, 0.4) is 0 Å². The van der Waals surface area contributed by atoms with Crippen molar-refractivity contribution in [3.05, 3.63) is 0 Å². The van der Waals surface area contributed by atoms with Crippen molar-refractivity contribution >= 4 is 0 Å². The summed E-state index contributed by atoms with van der Waals surface area (Å²) in [6.07, 6.45) is 1.36. The lowest BCUT2D eigenvalue weighted by atomic mass is 10.5. The van der Waals surface area contributed by atoms with E-state index in [1.807, 2.05) is 19.1 Å². The van der Waals surface area contributed by atoms with Crippen molar-refractivity contribution in [1.29, 1.82) is 0 Å². The highest BCUT2D eigenvalue weighted by atomic mass is 15.6. The minimum Gasteiger partial charge on any atom is -0.292 e. The molecule has 0 fully saturated rings. The van der Waals surface area contributed by atoms with E-state index in [0.717, 1.165) is 19.5 Å². The molecule has 4 heteroatoms. The van der Waals surface area contributed by atoms with E-state index in [1.54, 1.807) is 0 Å². The van der Waals surface area contributed by atoms with Gasteiger partial charge in [0.25, 0.3) is 0 Å². The van der Waals surface area contributed by atoms with Crippen LogP contribution >= 0.6 is 0 Å². The average molecular weight is 174 g/mol. The van der Waals surface area contributed by atoms with Gasteiger partial charge in [-0.2, -0.15) is 0 Å². The Morgan fingerprint density at radius 2 is 2.00 bits per heavy atom. The minimum atomic E-state index is 0.210. The molecule has 12 heavy (non-hydrogen) atoms. The number of nitrogens with zero attached hydrogens (tertiary/aromatic N) is 1. The summed E-state index contributed by atoms with van der Waals surface area (Å²) in [5.41, 5.74) is 3.28. The van der Waals surface area contributed by atoms with E-state index < -0.39 is 0 Å². The van der Waals surface area contributed by atoms with Crippen molar-refractivity contribution in [3.8, 4) is 0 Å². The number of hydrogen-bond donors (Lipinski definition) is 3. The first kappa shape index (κ1) is 11.8. The molecular weight excluding hydrogens is 152 g/mol. The van der Waals surface area contributed by atoms with Crippen LogP contribution in [0, 0.1) is 0 Å². The molecule has 4 nitrogen and oxygen atoms in total. The maximum atomic E-state index is 3.29. The highest BCUT2D eigenvalue weighted by Gasteiger charge is 2.08. The van der Waals surface area contributed by atoms with Gasteiger partial charge in [-0.15, -0.1) is 0 Å². The Morgan fingerprint density at radius 3 is 2.42 bits per heavy atom. The predicted octanol–water partition coefficient (Wildman–Crippen LogP) is -0.0547. The Labute approximate surface area is 75.7 Å². The summed E-state index contributed by atoms with van der Waals surface area (Å²) in [6, 6.07) is 0. The zero-order chi connectivity index (χ0) is 9.40. The minimum absolute atomic E-state index is 0.210. The molecule has 1 unspecified atom stereocenters. The van der Waals surface area contributed by atoms with Crippen LogP contribution < -0.4 is 16.1 Å². The van der Waals surface area contributed by atoms with E-state index in [-0.39, 0.29) is 6.29 Å². The number of hydrogen-bond acceptors (Lipinski definition) is 4. The second-order valence-electron chi connectivity index (χ2n) is 2.77. The zero-order valence-electron chi connectivity index (χ0n) is 8.65. The first-order chi connectivity index (χ1) is 5.76. The third kappa shape index (κ3) is 4.66. The van der Waals surface area contributed by atoms with Gasteiger partial charge in [-0.3, -0.25) is 16.1 Å². The fourth-order valence-electron chi connectivity index (χ4n) is 1.01. The van der Waals surface area contributed by atoms with E-state index in [2.05, 4.69) is 29.9 Å². The summed E-state index contributed by atoms with van der Waals surface area (Å²) < 4.78 is 0. The van der Waals surface area contributed by atoms with Crippen LogP contribution in [0.4, 0.5) is 0 Å². The summed E-state index contributed by atoms with van der Waals surface area (Å²) in [5, 5.41) is 8.51. The summed E-state index contributed by atoms with van der Waals surface area (Å²) in [4.78, 5) is 0. The van der Waals surface area contributed by atoms with E-state index >= 15 is 0 Å². The van der Waals surface area contributed by atoms with E-state index in [9.17, 15) is 0 Å². The highest BCUT2D eigenvalue weighted by Crippen LogP contribution is 1.82. The Bertz CT molecular complexity index is 97.1. The molecule has 0 heterocycles. The third-order valence-corrected chi connectivity index (χ3v) is 1.67. The van der Waals surface area contributed by atoms with Gasteiger partial charge in [0.05, 0.1) is 0 Å². The summed E-state index contributed by atoms with van der Waals surface area (Å²) in [5.74, 6) is 0. The monoisotopic (exact) mass is 174 g/mol. The normalized spacial score (nSPS) is 13.8. The van der Waals surface area contributed by atoms with Gasteiger partial charge in [0, 0.05) is 13.6 Å². The van der Waals surface area contributed by atoms with Crippen LogP contribution in [-0.2, 0) is 0 Å². The van der Waals surface area contributed by atoms with Gasteiger partial charge in [-0.1, -0.05) is 13.8 Å². The molecule has 0 radical (unpaired) electrons. The van der Waals surface area contributed by atoms with Crippen molar-refractivity contribution < 1.29 is 0 Å². The molecule has 3 N–H and O–H groups in total. The molecule has 0 aromatic carbocycles. The molecule has 0 amide bonds. The molecule has 1 atom stereocenters. The Morgan fingerprint density at radius 1 is 1.33 bits per heavy atom. The molecule has 0 rings (SSSR count). The lowest BCUT2D eigenvalue weighted by Gasteiger charge is -2.28. The van der Waals surface area contributed by atoms with Gasteiger partial charge in [0.1, 0.15) is 6.29 Å². The van der Waals surface area contributed by atoms with Crippen LogP contribution in [0.1, 0.15) is 20.3 Å². The summed E-state index contributed by atoms with van der Waals surface area (Å²) in [7, 11) is 3.97. The Hall–Kier alpha value is -0.160. The quantitative estimate of drug-likeness (QED) is 0.374. The van der Waals surface area contributed by atoms with Gasteiger partial charge < -0.3 is 0 Å². The van der Waals surface area contributed by atoms with Crippen molar-refractivity contribution in [2.75, 3.05) is 27.2 Å². The largest absolute Gasteiger partial charge is 0.292 e. The predicted molar refractivity (Wildman–Crippen MR) is 52.6 cm³/mol. The van der Waals surface area contributed by atoms with Crippen molar-refractivity contribution in [2.45, 2.75) is 26.6 Å². The first-order valence-corrected chi connectivity index (χ1v) is 4.63. The second kappa shape index (κ2) is 7.49. The van der Waals surface area contributed by atoms with Crippen molar-refractivity contribution in [3.63, 3.8) is 0 Å². The van der Waals surface area contributed by atoms with Crippen LogP contribution in [0.25, 0.3) is 0 Å². The van der Waals surface area contributed by atoms with Gasteiger partial charge in [0.2, 0.25) is 0 Å². The fourth-order valence-corrected chi connectivity index (χ4v) is 1.01. The van der Waals surface area contributed by atoms with Crippen LogP contribution in [0.5, 0.6) is 0 Å². The summed E-state index contributed by atoms with van der Waals surface area (Å²) in [6.45, 7) is 6.23. The smallest absolute Gasteiger partial charge is 0.126 e. The zero-order valence-corrected chi connectivity index (χ0v) is 8.65. The van der Waals surface area contributed by atoms with E-state index in [4.69, 9.17) is 0 Å². The van der Waals surface area contributed by atoms with Gasteiger partial charge >= 0.3 is 0 Å². The molecular formula is C8H22N4. The Kier molecular flexibility index (Phi) is 7.39. The van der Waals surface area contributed by atoms with Crippen LogP contribution in [0.15, 0.2) is 0 Å². The standard InChI is InChI=1S/C8H22N4/c1-5-7-11-12(4)8(9-3)10-6-2/h8-11H,5-7H2,1-4H3. The molecule has 0 bridgehead atoms. The number of nitrogens with one attached hydrogen (secondary N) is 3. The molecule has 0 aromatic heterocycles. The first-order valence-electron chi connectivity index (χ1n) is 4.63. The number of hydrazine groups is 1. The molecule has 74 valence electrons. The van der Waals surface area contributed by atoms with E-state index in [1.165, 1.54) is 0 Å². The second-order valence-corrected chi connectivity index (χ2v) is 2.77. The molecule has 0 spiro atoms. The molecule has 0 aliphatic carbocycles. The van der Waals surface area contributed by atoms with Gasteiger partial charge in [-0.25, -0.2) is 5.01 Å². The molecule has 0 aliphatic rings. The molecule has 0 aromatic rings. The lowest BCUT2D eigenvalue weighted by molar-refractivity contribution is 0.116. The SMILES string of the molecule is CCCNN(C)C(NC)NCC. The fraction of sp³-hybridized carbons (Fsp3) is 1.00. The van der Waals surface area contributed by atoms with Crippen molar-refractivity contribution in [2.24, 2.45) is 0 Å². The highest BCUT2D eigenvalue weighted by molar-refractivity contribution is 4.56.